The van der Waals surface area contributed by atoms with Gasteiger partial charge < -0.3 is 15.4 Å². The topological polar surface area (TPSA) is 72.0 Å². The van der Waals surface area contributed by atoms with Crippen LogP contribution in [0.4, 0.5) is 11.9 Å². The molecule has 0 saturated carbocycles. The van der Waals surface area contributed by atoms with E-state index in [-0.39, 0.29) is 5.41 Å². The van der Waals surface area contributed by atoms with Crippen LogP contribution < -0.4 is 15.4 Å². The molecule has 0 aliphatic rings. The molecule has 1 atom stereocenters. The first-order chi connectivity index (χ1) is 9.86. The molecule has 6 nitrogen and oxygen atoms in total. The first-order valence-corrected chi connectivity index (χ1v) is 7.73. The third kappa shape index (κ3) is 6.14. The van der Waals surface area contributed by atoms with Gasteiger partial charge in [-0.05, 0) is 24.7 Å². The summed E-state index contributed by atoms with van der Waals surface area (Å²) in [5.41, 5.74) is 0.242. The Morgan fingerprint density at radius 1 is 1.05 bits per heavy atom. The van der Waals surface area contributed by atoms with Crippen molar-refractivity contribution in [2.45, 2.75) is 48.0 Å². The summed E-state index contributed by atoms with van der Waals surface area (Å²) in [6, 6.07) is 0.369. The Balaban J connectivity index is 2.77. The Hall–Kier alpha value is -1.59. The van der Waals surface area contributed by atoms with Gasteiger partial charge in [0, 0.05) is 13.1 Å². The van der Waals surface area contributed by atoms with Crippen LogP contribution in [0.25, 0.3) is 0 Å². The van der Waals surface area contributed by atoms with Crippen molar-refractivity contribution in [3.63, 3.8) is 0 Å². The second kappa shape index (κ2) is 8.00. The summed E-state index contributed by atoms with van der Waals surface area (Å²) >= 11 is 0. The zero-order chi connectivity index (χ0) is 15.9. The van der Waals surface area contributed by atoms with Crippen LogP contribution >= 0.6 is 0 Å². The van der Waals surface area contributed by atoms with Crippen molar-refractivity contribution < 1.29 is 4.74 Å². The Labute approximate surface area is 128 Å². The van der Waals surface area contributed by atoms with Gasteiger partial charge in [-0.15, -0.1) is 0 Å². The maximum Gasteiger partial charge on any atom is 0.323 e. The molecule has 1 aromatic rings. The lowest BCUT2D eigenvalue weighted by atomic mass is 9.82. The first-order valence-electron chi connectivity index (χ1n) is 7.73. The molecule has 0 spiro atoms. The SMILES string of the molecule is CCCOc1nc(NCC)nc(NCC(C)C(C)(C)C)n1. The number of anilines is 2. The average molecular weight is 295 g/mol. The van der Waals surface area contributed by atoms with E-state index in [1.165, 1.54) is 0 Å². The summed E-state index contributed by atoms with van der Waals surface area (Å²) in [6.45, 7) is 15.1. The van der Waals surface area contributed by atoms with Gasteiger partial charge in [-0.3, -0.25) is 0 Å². The molecule has 120 valence electrons. The Morgan fingerprint density at radius 3 is 2.19 bits per heavy atom. The van der Waals surface area contributed by atoms with Gasteiger partial charge in [-0.1, -0.05) is 34.6 Å². The molecule has 1 rings (SSSR count). The van der Waals surface area contributed by atoms with Crippen LogP contribution in [0.3, 0.4) is 0 Å². The van der Waals surface area contributed by atoms with Gasteiger partial charge in [0.25, 0.3) is 0 Å². The van der Waals surface area contributed by atoms with E-state index in [4.69, 9.17) is 4.74 Å². The molecule has 0 bridgehead atoms. The van der Waals surface area contributed by atoms with E-state index in [0.717, 1.165) is 19.5 Å². The van der Waals surface area contributed by atoms with E-state index in [9.17, 15) is 0 Å². The van der Waals surface area contributed by atoms with Crippen molar-refractivity contribution >= 4 is 11.9 Å². The van der Waals surface area contributed by atoms with Crippen LogP contribution in [-0.4, -0.2) is 34.6 Å². The minimum absolute atomic E-state index is 0.242. The number of rotatable bonds is 8. The highest BCUT2D eigenvalue weighted by Crippen LogP contribution is 2.25. The fraction of sp³-hybridized carbons (Fsp3) is 0.800. The van der Waals surface area contributed by atoms with Crippen LogP contribution in [0.15, 0.2) is 0 Å². The lowest BCUT2D eigenvalue weighted by molar-refractivity contribution is 0.273. The standard InChI is InChI=1S/C15H29N5O/c1-7-9-21-14-19-12(16-8-2)18-13(20-14)17-10-11(3)15(4,5)6/h11H,7-10H2,1-6H3,(H2,16,17,18,19,20). The average Bonchev–Trinajstić information content (AvgIpc) is 2.41. The molecule has 21 heavy (non-hydrogen) atoms. The summed E-state index contributed by atoms with van der Waals surface area (Å²) in [5.74, 6) is 1.60. The van der Waals surface area contributed by atoms with Crippen molar-refractivity contribution in [1.29, 1.82) is 0 Å². The molecule has 0 aromatic carbocycles. The van der Waals surface area contributed by atoms with Gasteiger partial charge in [0.1, 0.15) is 0 Å². The number of ether oxygens (including phenoxy) is 1. The number of aromatic nitrogens is 3. The van der Waals surface area contributed by atoms with E-state index >= 15 is 0 Å². The quantitative estimate of drug-likeness (QED) is 0.767. The second-order valence-electron chi connectivity index (χ2n) is 6.29. The molecule has 0 saturated heterocycles. The van der Waals surface area contributed by atoms with Crippen LogP contribution in [0.5, 0.6) is 6.01 Å². The van der Waals surface area contributed by atoms with Crippen molar-refractivity contribution in [3.8, 4) is 6.01 Å². The summed E-state index contributed by atoms with van der Waals surface area (Å²) in [7, 11) is 0. The lowest BCUT2D eigenvalue weighted by Gasteiger charge is -2.27. The predicted molar refractivity (Wildman–Crippen MR) is 86.9 cm³/mol. The molecule has 1 unspecified atom stereocenters. The molecular formula is C15H29N5O. The largest absolute Gasteiger partial charge is 0.463 e. The molecule has 0 radical (unpaired) electrons. The maximum atomic E-state index is 5.51. The first kappa shape index (κ1) is 17.5. The van der Waals surface area contributed by atoms with Crippen LogP contribution in [-0.2, 0) is 0 Å². The van der Waals surface area contributed by atoms with E-state index in [1.807, 2.05) is 6.92 Å². The predicted octanol–water partition coefficient (Wildman–Crippen LogP) is 3.19. The maximum absolute atomic E-state index is 5.51. The zero-order valence-corrected chi connectivity index (χ0v) is 14.2. The van der Waals surface area contributed by atoms with Crippen molar-refractivity contribution in [1.82, 2.24) is 15.0 Å². The fourth-order valence-electron chi connectivity index (χ4n) is 1.48. The number of hydrogen-bond acceptors (Lipinski definition) is 6. The lowest BCUT2D eigenvalue weighted by Crippen LogP contribution is -2.25. The van der Waals surface area contributed by atoms with Gasteiger partial charge in [0.05, 0.1) is 6.61 Å². The molecule has 2 N–H and O–H groups in total. The molecule has 0 aliphatic heterocycles. The van der Waals surface area contributed by atoms with E-state index in [2.05, 4.69) is 60.2 Å². The van der Waals surface area contributed by atoms with Crippen molar-refractivity contribution in [2.75, 3.05) is 30.3 Å². The van der Waals surface area contributed by atoms with Gasteiger partial charge in [-0.25, -0.2) is 0 Å². The highest BCUT2D eigenvalue weighted by atomic mass is 16.5. The minimum Gasteiger partial charge on any atom is -0.463 e. The normalized spacial score (nSPS) is 12.9. The van der Waals surface area contributed by atoms with Gasteiger partial charge in [0.15, 0.2) is 0 Å². The van der Waals surface area contributed by atoms with Crippen molar-refractivity contribution in [2.24, 2.45) is 11.3 Å². The molecule has 0 fully saturated rings. The van der Waals surface area contributed by atoms with E-state index < -0.39 is 0 Å². The summed E-state index contributed by atoms with van der Waals surface area (Å²) in [5, 5.41) is 6.38. The number of nitrogens with one attached hydrogen (secondary N) is 2. The van der Waals surface area contributed by atoms with Crippen LogP contribution in [0.2, 0.25) is 0 Å². The highest BCUT2D eigenvalue weighted by Gasteiger charge is 2.20. The zero-order valence-electron chi connectivity index (χ0n) is 14.2. The molecule has 0 aliphatic carbocycles. The van der Waals surface area contributed by atoms with Gasteiger partial charge in [0.2, 0.25) is 11.9 Å². The number of nitrogens with zero attached hydrogens (tertiary/aromatic N) is 3. The van der Waals surface area contributed by atoms with Crippen molar-refractivity contribution in [3.05, 3.63) is 0 Å². The molecule has 1 heterocycles. The van der Waals surface area contributed by atoms with Gasteiger partial charge in [-0.2, -0.15) is 15.0 Å². The molecular weight excluding hydrogens is 266 g/mol. The fourth-order valence-corrected chi connectivity index (χ4v) is 1.48. The summed E-state index contributed by atoms with van der Waals surface area (Å²) in [4.78, 5) is 12.9. The second-order valence-corrected chi connectivity index (χ2v) is 6.29. The Bertz CT molecular complexity index is 431. The molecule has 6 heteroatoms. The summed E-state index contributed by atoms with van der Waals surface area (Å²) < 4.78 is 5.51. The molecule has 0 amide bonds. The monoisotopic (exact) mass is 295 g/mol. The summed E-state index contributed by atoms with van der Waals surface area (Å²) in [6.07, 6.45) is 0.923. The van der Waals surface area contributed by atoms with Crippen LogP contribution in [0, 0.1) is 11.3 Å². The smallest absolute Gasteiger partial charge is 0.323 e. The Morgan fingerprint density at radius 2 is 1.67 bits per heavy atom. The van der Waals surface area contributed by atoms with Crippen LogP contribution in [0.1, 0.15) is 48.0 Å². The van der Waals surface area contributed by atoms with E-state index in [1.54, 1.807) is 0 Å². The van der Waals surface area contributed by atoms with Gasteiger partial charge >= 0.3 is 6.01 Å². The minimum atomic E-state index is 0.242. The van der Waals surface area contributed by atoms with E-state index in [0.29, 0.717) is 30.4 Å². The third-order valence-electron chi connectivity index (χ3n) is 3.43. The highest BCUT2D eigenvalue weighted by molar-refractivity contribution is 5.35. The number of hydrogen-bond donors (Lipinski definition) is 2. The molecule has 1 aromatic heterocycles. The third-order valence-corrected chi connectivity index (χ3v) is 3.43. The Kier molecular flexibility index (Phi) is 6.65.